The second-order valence-electron chi connectivity index (χ2n) is 4.53. The molecule has 0 fully saturated rings. The van der Waals surface area contributed by atoms with Gasteiger partial charge < -0.3 is 5.32 Å². The SMILES string of the molecule is C[C@@H](NCc1cc(F)c(F)c(F)c1)c1cccc(Br)c1. The van der Waals surface area contributed by atoms with E-state index in [1.807, 2.05) is 31.2 Å². The van der Waals surface area contributed by atoms with Crippen molar-refractivity contribution in [3.63, 3.8) is 0 Å². The third kappa shape index (κ3) is 3.61. The lowest BCUT2D eigenvalue weighted by Gasteiger charge is -2.15. The van der Waals surface area contributed by atoms with E-state index in [1.54, 1.807) is 0 Å². The van der Waals surface area contributed by atoms with Crippen molar-refractivity contribution < 1.29 is 13.2 Å². The van der Waals surface area contributed by atoms with Gasteiger partial charge in [0.2, 0.25) is 0 Å². The third-order valence-corrected chi connectivity index (χ3v) is 3.50. The van der Waals surface area contributed by atoms with Crippen LogP contribution in [-0.4, -0.2) is 0 Å². The van der Waals surface area contributed by atoms with Gasteiger partial charge in [-0.3, -0.25) is 0 Å². The number of halogens is 4. The van der Waals surface area contributed by atoms with E-state index in [1.165, 1.54) is 0 Å². The van der Waals surface area contributed by atoms with Crippen molar-refractivity contribution in [1.29, 1.82) is 0 Å². The normalized spacial score (nSPS) is 12.4. The first-order valence-electron chi connectivity index (χ1n) is 6.09. The molecule has 1 atom stereocenters. The molecule has 0 saturated carbocycles. The van der Waals surface area contributed by atoms with Crippen LogP contribution in [-0.2, 0) is 6.54 Å². The van der Waals surface area contributed by atoms with E-state index >= 15 is 0 Å². The average Bonchev–Trinajstić information content (AvgIpc) is 2.42. The summed E-state index contributed by atoms with van der Waals surface area (Å²) in [4.78, 5) is 0. The van der Waals surface area contributed by atoms with Gasteiger partial charge in [0.25, 0.3) is 0 Å². The molecule has 2 aromatic carbocycles. The van der Waals surface area contributed by atoms with Crippen molar-refractivity contribution in [3.8, 4) is 0 Å². The van der Waals surface area contributed by atoms with E-state index in [0.29, 0.717) is 5.56 Å². The third-order valence-electron chi connectivity index (χ3n) is 3.00. The van der Waals surface area contributed by atoms with Crippen LogP contribution in [0.3, 0.4) is 0 Å². The molecule has 0 amide bonds. The molecule has 0 saturated heterocycles. The summed E-state index contributed by atoms with van der Waals surface area (Å²) in [7, 11) is 0. The summed E-state index contributed by atoms with van der Waals surface area (Å²) in [6.07, 6.45) is 0. The number of hydrogen-bond acceptors (Lipinski definition) is 1. The zero-order chi connectivity index (χ0) is 14.7. The fourth-order valence-corrected chi connectivity index (χ4v) is 2.29. The Kier molecular flexibility index (Phi) is 4.83. The van der Waals surface area contributed by atoms with Gasteiger partial charge in [-0.25, -0.2) is 13.2 Å². The van der Waals surface area contributed by atoms with Crippen molar-refractivity contribution in [3.05, 3.63) is 69.4 Å². The Morgan fingerprint density at radius 3 is 2.35 bits per heavy atom. The van der Waals surface area contributed by atoms with Gasteiger partial charge in [-0.2, -0.15) is 0 Å². The molecular formula is C15H13BrF3N. The minimum Gasteiger partial charge on any atom is -0.306 e. The zero-order valence-corrected chi connectivity index (χ0v) is 12.3. The van der Waals surface area contributed by atoms with Gasteiger partial charge in [-0.1, -0.05) is 28.1 Å². The minimum atomic E-state index is -1.44. The zero-order valence-electron chi connectivity index (χ0n) is 10.8. The maximum absolute atomic E-state index is 13.1. The quantitative estimate of drug-likeness (QED) is 0.792. The van der Waals surface area contributed by atoms with E-state index < -0.39 is 17.5 Å². The first-order valence-corrected chi connectivity index (χ1v) is 6.89. The van der Waals surface area contributed by atoms with Crippen LogP contribution in [0.25, 0.3) is 0 Å². The Balaban J connectivity index is 2.05. The lowest BCUT2D eigenvalue weighted by atomic mass is 10.1. The number of hydrogen-bond donors (Lipinski definition) is 1. The van der Waals surface area contributed by atoms with Crippen LogP contribution in [0, 0.1) is 17.5 Å². The lowest BCUT2D eigenvalue weighted by molar-refractivity contribution is 0.443. The molecule has 0 radical (unpaired) electrons. The van der Waals surface area contributed by atoms with E-state index in [2.05, 4.69) is 21.2 Å². The van der Waals surface area contributed by atoms with Crippen molar-refractivity contribution in [2.45, 2.75) is 19.5 Å². The number of benzene rings is 2. The van der Waals surface area contributed by atoms with Gasteiger partial charge >= 0.3 is 0 Å². The molecule has 1 N–H and O–H groups in total. The highest BCUT2D eigenvalue weighted by Crippen LogP contribution is 2.19. The van der Waals surface area contributed by atoms with Gasteiger partial charge in [0.15, 0.2) is 17.5 Å². The van der Waals surface area contributed by atoms with E-state index in [-0.39, 0.29) is 12.6 Å². The Morgan fingerprint density at radius 1 is 1.10 bits per heavy atom. The average molecular weight is 344 g/mol. The Bertz CT molecular complexity index is 593. The molecule has 0 aliphatic carbocycles. The van der Waals surface area contributed by atoms with Crippen molar-refractivity contribution >= 4 is 15.9 Å². The molecule has 0 spiro atoms. The lowest BCUT2D eigenvalue weighted by Crippen LogP contribution is -2.18. The second kappa shape index (κ2) is 6.41. The number of nitrogens with one attached hydrogen (secondary N) is 1. The standard InChI is InChI=1S/C15H13BrF3N/c1-9(11-3-2-4-12(16)7-11)20-8-10-5-13(17)15(19)14(18)6-10/h2-7,9,20H,8H2,1H3/t9-/m1/s1. The second-order valence-corrected chi connectivity index (χ2v) is 5.45. The molecule has 5 heteroatoms. The van der Waals surface area contributed by atoms with Gasteiger partial charge in [0.05, 0.1) is 0 Å². The molecular weight excluding hydrogens is 331 g/mol. The molecule has 106 valence electrons. The van der Waals surface area contributed by atoms with Crippen LogP contribution in [0.1, 0.15) is 24.1 Å². The van der Waals surface area contributed by atoms with Crippen LogP contribution in [0.15, 0.2) is 40.9 Å². The summed E-state index contributed by atoms with van der Waals surface area (Å²) in [6.45, 7) is 2.19. The highest BCUT2D eigenvalue weighted by atomic mass is 79.9. The summed E-state index contributed by atoms with van der Waals surface area (Å²) in [5.41, 5.74) is 1.41. The van der Waals surface area contributed by atoms with E-state index in [4.69, 9.17) is 0 Å². The highest BCUT2D eigenvalue weighted by molar-refractivity contribution is 9.10. The van der Waals surface area contributed by atoms with Crippen molar-refractivity contribution in [1.82, 2.24) is 5.32 Å². The Morgan fingerprint density at radius 2 is 1.75 bits per heavy atom. The molecule has 0 unspecified atom stereocenters. The predicted octanol–water partition coefficient (Wildman–Crippen LogP) is 4.72. The summed E-state index contributed by atoms with van der Waals surface area (Å²) in [5.74, 6) is -3.78. The maximum atomic E-state index is 13.1. The van der Waals surface area contributed by atoms with Gasteiger partial charge in [-0.15, -0.1) is 0 Å². The van der Waals surface area contributed by atoms with Crippen molar-refractivity contribution in [2.24, 2.45) is 0 Å². The highest BCUT2D eigenvalue weighted by Gasteiger charge is 2.11. The fourth-order valence-electron chi connectivity index (χ4n) is 1.87. The van der Waals surface area contributed by atoms with Crippen LogP contribution < -0.4 is 5.32 Å². The van der Waals surface area contributed by atoms with E-state index in [9.17, 15) is 13.2 Å². The van der Waals surface area contributed by atoms with Crippen LogP contribution in [0.5, 0.6) is 0 Å². The molecule has 1 nitrogen and oxygen atoms in total. The smallest absolute Gasteiger partial charge is 0.194 e. The monoisotopic (exact) mass is 343 g/mol. The Hall–Kier alpha value is -1.33. The summed E-state index contributed by atoms with van der Waals surface area (Å²) in [5, 5.41) is 3.14. The van der Waals surface area contributed by atoms with Gasteiger partial charge in [-0.05, 0) is 42.3 Å². The molecule has 0 aliphatic rings. The number of rotatable bonds is 4. The first-order chi connectivity index (χ1) is 9.47. The van der Waals surface area contributed by atoms with Crippen LogP contribution in [0.4, 0.5) is 13.2 Å². The topological polar surface area (TPSA) is 12.0 Å². The van der Waals surface area contributed by atoms with Crippen LogP contribution >= 0.6 is 15.9 Å². The van der Waals surface area contributed by atoms with Crippen LogP contribution in [0.2, 0.25) is 0 Å². The molecule has 20 heavy (non-hydrogen) atoms. The maximum Gasteiger partial charge on any atom is 0.194 e. The first kappa shape index (κ1) is 15.1. The summed E-state index contributed by atoms with van der Waals surface area (Å²) < 4.78 is 40.0. The molecule has 0 bridgehead atoms. The molecule has 2 aromatic rings. The predicted molar refractivity (Wildman–Crippen MR) is 75.7 cm³/mol. The fraction of sp³-hybridized carbons (Fsp3) is 0.200. The molecule has 2 rings (SSSR count). The summed E-state index contributed by atoms with van der Waals surface area (Å²) in [6, 6.07) is 9.75. The minimum absolute atomic E-state index is 0.00340. The molecule has 0 aliphatic heterocycles. The Labute approximate surface area is 123 Å². The largest absolute Gasteiger partial charge is 0.306 e. The summed E-state index contributed by atoms with van der Waals surface area (Å²) >= 11 is 3.38. The molecule has 0 heterocycles. The van der Waals surface area contributed by atoms with Gasteiger partial charge in [0, 0.05) is 17.1 Å². The molecule has 0 aromatic heterocycles. The van der Waals surface area contributed by atoms with E-state index in [0.717, 1.165) is 22.2 Å². The van der Waals surface area contributed by atoms with Gasteiger partial charge in [0.1, 0.15) is 0 Å². The van der Waals surface area contributed by atoms with Crippen molar-refractivity contribution in [2.75, 3.05) is 0 Å².